The zero-order chi connectivity index (χ0) is 21.0. The van der Waals surface area contributed by atoms with Crippen LogP contribution >= 0.6 is 0 Å². The van der Waals surface area contributed by atoms with Gasteiger partial charge in [-0.15, -0.1) is 0 Å². The number of carbonyl (C=O) groups excluding carboxylic acids is 2. The van der Waals surface area contributed by atoms with E-state index in [1.165, 1.54) is 10.9 Å². The molecule has 1 aliphatic rings. The molecular weight excluding hydrogens is 372 g/mol. The lowest BCUT2D eigenvalue weighted by Crippen LogP contribution is -2.37. The minimum atomic E-state index is -0.682. The largest absolute Gasteiger partial charge is 0.460 e. The summed E-state index contributed by atoms with van der Waals surface area (Å²) in [5, 5.41) is 0.424. The normalized spacial score (nSPS) is 21.9. The maximum absolute atomic E-state index is 12.4. The van der Waals surface area contributed by atoms with Crippen molar-refractivity contribution in [3.05, 3.63) is 40.9 Å². The lowest BCUT2D eigenvalue weighted by Gasteiger charge is -2.36. The maximum atomic E-state index is 12.4. The quantitative estimate of drug-likeness (QED) is 0.693. The van der Waals surface area contributed by atoms with Crippen molar-refractivity contribution in [2.24, 2.45) is 17.8 Å². The lowest BCUT2D eigenvalue weighted by molar-refractivity contribution is -0.167. The molecule has 3 rings (SSSR count). The second-order valence-corrected chi connectivity index (χ2v) is 8.21. The average Bonchev–Trinajstić information content (AvgIpc) is 2.68. The Morgan fingerprint density at radius 3 is 2.72 bits per heavy atom. The highest BCUT2D eigenvalue weighted by Gasteiger charge is 2.33. The van der Waals surface area contributed by atoms with Crippen molar-refractivity contribution in [1.82, 2.24) is 9.55 Å². The highest BCUT2D eigenvalue weighted by atomic mass is 16.6. The van der Waals surface area contributed by atoms with Crippen LogP contribution in [0.1, 0.15) is 40.0 Å². The highest BCUT2D eigenvalue weighted by Crippen LogP contribution is 2.35. The van der Waals surface area contributed by atoms with Crippen LogP contribution in [0.3, 0.4) is 0 Å². The molecule has 7 nitrogen and oxygen atoms in total. The van der Waals surface area contributed by atoms with Gasteiger partial charge in [0.05, 0.1) is 17.2 Å². The molecule has 156 valence electrons. The van der Waals surface area contributed by atoms with Crippen molar-refractivity contribution < 1.29 is 19.1 Å². The molecule has 0 spiro atoms. The van der Waals surface area contributed by atoms with Crippen LogP contribution < -0.4 is 5.56 Å². The SMILES string of the molecule is CC1CCC(C(C)C)C(OC(=O)COC(=O)Cn2cnc3ccccc3c2=O)C1. The van der Waals surface area contributed by atoms with Gasteiger partial charge in [-0.3, -0.25) is 14.2 Å². The number of rotatable bonds is 6. The van der Waals surface area contributed by atoms with Crippen molar-refractivity contribution in [3.63, 3.8) is 0 Å². The minimum absolute atomic E-state index is 0.141. The fourth-order valence-corrected chi connectivity index (χ4v) is 4.00. The average molecular weight is 400 g/mol. The molecule has 1 aliphatic carbocycles. The summed E-state index contributed by atoms with van der Waals surface area (Å²) in [5.41, 5.74) is 0.234. The molecule has 1 heterocycles. The molecule has 0 N–H and O–H groups in total. The maximum Gasteiger partial charge on any atom is 0.344 e. The van der Waals surface area contributed by atoms with Crippen LogP contribution in [0.2, 0.25) is 0 Å². The van der Waals surface area contributed by atoms with E-state index in [4.69, 9.17) is 9.47 Å². The number of hydrogen-bond donors (Lipinski definition) is 0. The summed E-state index contributed by atoms with van der Waals surface area (Å²) in [6, 6.07) is 6.91. The van der Waals surface area contributed by atoms with Crippen LogP contribution in [0, 0.1) is 17.8 Å². The van der Waals surface area contributed by atoms with E-state index in [2.05, 4.69) is 25.8 Å². The predicted octanol–water partition coefficient (Wildman–Crippen LogP) is 2.94. The number of carbonyl (C=O) groups is 2. The van der Waals surface area contributed by atoms with E-state index in [1.807, 2.05) is 0 Å². The number of hydrogen-bond acceptors (Lipinski definition) is 6. The summed E-state index contributed by atoms with van der Waals surface area (Å²) < 4.78 is 11.8. The molecule has 0 saturated heterocycles. The molecule has 1 fully saturated rings. The Morgan fingerprint density at radius 1 is 1.21 bits per heavy atom. The topological polar surface area (TPSA) is 87.5 Å². The van der Waals surface area contributed by atoms with Crippen LogP contribution in [0.15, 0.2) is 35.4 Å². The second-order valence-electron chi connectivity index (χ2n) is 8.21. The molecule has 29 heavy (non-hydrogen) atoms. The fourth-order valence-electron chi connectivity index (χ4n) is 4.00. The minimum Gasteiger partial charge on any atom is -0.460 e. The molecule has 0 amide bonds. The number of esters is 2. The first kappa shape index (κ1) is 21.0. The molecule has 0 radical (unpaired) electrons. The first-order chi connectivity index (χ1) is 13.8. The summed E-state index contributed by atoms with van der Waals surface area (Å²) in [7, 11) is 0. The molecule has 1 saturated carbocycles. The zero-order valence-corrected chi connectivity index (χ0v) is 17.2. The van der Waals surface area contributed by atoms with E-state index in [9.17, 15) is 14.4 Å². The summed E-state index contributed by atoms with van der Waals surface area (Å²) in [6.07, 6.45) is 4.17. The van der Waals surface area contributed by atoms with E-state index < -0.39 is 18.5 Å². The molecule has 7 heteroatoms. The highest BCUT2D eigenvalue weighted by molar-refractivity contribution is 5.78. The van der Waals surface area contributed by atoms with Gasteiger partial charge in [0, 0.05) is 0 Å². The number of ether oxygens (including phenoxy) is 2. The molecule has 1 aromatic heterocycles. The van der Waals surface area contributed by atoms with Gasteiger partial charge in [0.25, 0.3) is 5.56 Å². The first-order valence-corrected chi connectivity index (χ1v) is 10.1. The van der Waals surface area contributed by atoms with Gasteiger partial charge < -0.3 is 9.47 Å². The number of benzene rings is 1. The smallest absolute Gasteiger partial charge is 0.344 e. The number of para-hydroxylation sites is 1. The Hall–Kier alpha value is -2.70. The third kappa shape index (κ3) is 5.22. The van der Waals surface area contributed by atoms with Crippen LogP contribution in [0.5, 0.6) is 0 Å². The molecule has 0 aliphatic heterocycles. The van der Waals surface area contributed by atoms with Crippen molar-refractivity contribution >= 4 is 22.8 Å². The third-order valence-corrected chi connectivity index (χ3v) is 5.63. The Morgan fingerprint density at radius 2 is 1.97 bits per heavy atom. The van der Waals surface area contributed by atoms with Gasteiger partial charge >= 0.3 is 11.9 Å². The van der Waals surface area contributed by atoms with Gasteiger partial charge in [0.2, 0.25) is 0 Å². The van der Waals surface area contributed by atoms with Gasteiger partial charge in [-0.2, -0.15) is 0 Å². The van der Waals surface area contributed by atoms with E-state index in [0.29, 0.717) is 28.7 Å². The molecule has 0 bridgehead atoms. The Balaban J connectivity index is 1.54. The standard InChI is InChI=1S/C22H28N2O5/c1-14(2)16-9-8-15(3)10-19(16)29-21(26)12-28-20(25)11-24-13-23-18-7-5-4-6-17(18)22(24)27/h4-7,13-16,19H,8-12H2,1-3H3. The Bertz CT molecular complexity index is 936. The van der Waals surface area contributed by atoms with Crippen LogP contribution in [-0.4, -0.2) is 34.2 Å². The summed E-state index contributed by atoms with van der Waals surface area (Å²) in [5.74, 6) is 0.0338. The van der Waals surface area contributed by atoms with E-state index in [0.717, 1.165) is 19.3 Å². The number of nitrogens with zero attached hydrogens (tertiary/aromatic N) is 2. The van der Waals surface area contributed by atoms with E-state index >= 15 is 0 Å². The van der Waals surface area contributed by atoms with Gasteiger partial charge in [0.1, 0.15) is 12.6 Å². The van der Waals surface area contributed by atoms with Crippen molar-refractivity contribution in [3.8, 4) is 0 Å². The van der Waals surface area contributed by atoms with Gasteiger partial charge in [-0.1, -0.05) is 39.3 Å². The summed E-state index contributed by atoms with van der Waals surface area (Å²) in [6.45, 7) is 5.67. The van der Waals surface area contributed by atoms with E-state index in [-0.39, 0.29) is 18.2 Å². The van der Waals surface area contributed by atoms with E-state index in [1.54, 1.807) is 24.3 Å². The van der Waals surface area contributed by atoms with Crippen LogP contribution in [-0.2, 0) is 25.6 Å². The third-order valence-electron chi connectivity index (χ3n) is 5.63. The number of fused-ring (bicyclic) bond motifs is 1. The second kappa shape index (κ2) is 9.20. The predicted molar refractivity (Wildman–Crippen MR) is 108 cm³/mol. The molecule has 3 unspecified atom stereocenters. The van der Waals surface area contributed by atoms with Gasteiger partial charge in [-0.05, 0) is 42.7 Å². The summed E-state index contributed by atoms with van der Waals surface area (Å²) >= 11 is 0. The Kier molecular flexibility index (Phi) is 6.67. The van der Waals surface area contributed by atoms with Crippen molar-refractivity contribution in [2.75, 3.05) is 6.61 Å². The van der Waals surface area contributed by atoms with Gasteiger partial charge in [-0.25, -0.2) is 9.78 Å². The molecule has 3 atom stereocenters. The monoisotopic (exact) mass is 400 g/mol. The first-order valence-electron chi connectivity index (χ1n) is 10.1. The molecular formula is C22H28N2O5. The van der Waals surface area contributed by atoms with Crippen LogP contribution in [0.25, 0.3) is 10.9 Å². The van der Waals surface area contributed by atoms with Crippen molar-refractivity contribution in [2.45, 2.75) is 52.7 Å². The fraction of sp³-hybridized carbons (Fsp3) is 0.545. The zero-order valence-electron chi connectivity index (χ0n) is 17.2. The summed E-state index contributed by atoms with van der Waals surface area (Å²) in [4.78, 5) is 40.9. The molecule has 1 aromatic carbocycles. The lowest BCUT2D eigenvalue weighted by atomic mass is 9.75. The van der Waals surface area contributed by atoms with Crippen molar-refractivity contribution in [1.29, 1.82) is 0 Å². The van der Waals surface area contributed by atoms with Crippen LogP contribution in [0.4, 0.5) is 0 Å². The number of aromatic nitrogens is 2. The van der Waals surface area contributed by atoms with Gasteiger partial charge in [0.15, 0.2) is 6.61 Å². The molecule has 2 aromatic rings. The Labute approximate surface area is 170 Å².